The molecule has 3 heteroatoms. The summed E-state index contributed by atoms with van der Waals surface area (Å²) in [4.78, 5) is 0. The van der Waals surface area contributed by atoms with Crippen molar-refractivity contribution in [3.05, 3.63) is 42.4 Å². The van der Waals surface area contributed by atoms with E-state index in [2.05, 4.69) is 0 Å². The summed E-state index contributed by atoms with van der Waals surface area (Å²) in [6.07, 6.45) is 6.05. The van der Waals surface area contributed by atoms with Gasteiger partial charge in [-0.3, -0.25) is 0 Å². The Morgan fingerprint density at radius 1 is 1.11 bits per heavy atom. The summed E-state index contributed by atoms with van der Waals surface area (Å²) in [6.45, 7) is 0. The number of ether oxygens (including phenoxy) is 1. The Bertz CT molecular complexity index is 513. The molecule has 1 aromatic heterocycles. The van der Waals surface area contributed by atoms with Crippen molar-refractivity contribution >= 4 is 0 Å². The topological polar surface area (TPSA) is 22.4 Å². The zero-order valence-electron chi connectivity index (χ0n) is 10.1. The molecule has 0 aliphatic heterocycles. The maximum atomic E-state index is 13.9. The molecule has 0 bridgehead atoms. The van der Waals surface area contributed by atoms with E-state index in [4.69, 9.17) is 9.15 Å². The van der Waals surface area contributed by atoms with Gasteiger partial charge >= 0.3 is 0 Å². The van der Waals surface area contributed by atoms with E-state index in [-0.39, 0.29) is 11.9 Å². The van der Waals surface area contributed by atoms with Gasteiger partial charge < -0.3 is 9.15 Å². The first-order valence-corrected chi connectivity index (χ1v) is 6.33. The molecule has 18 heavy (non-hydrogen) atoms. The normalized spacial score (nSPS) is 16.1. The van der Waals surface area contributed by atoms with E-state index in [0.717, 1.165) is 25.7 Å². The lowest BCUT2D eigenvalue weighted by Crippen LogP contribution is -2.12. The van der Waals surface area contributed by atoms with E-state index in [0.29, 0.717) is 17.1 Å². The Morgan fingerprint density at radius 3 is 2.67 bits per heavy atom. The fourth-order valence-corrected chi connectivity index (χ4v) is 2.43. The second-order valence-electron chi connectivity index (χ2n) is 4.62. The van der Waals surface area contributed by atoms with Gasteiger partial charge in [-0.2, -0.15) is 0 Å². The molecule has 94 valence electrons. The third-order valence-corrected chi connectivity index (χ3v) is 3.34. The van der Waals surface area contributed by atoms with Gasteiger partial charge in [0.15, 0.2) is 11.6 Å². The van der Waals surface area contributed by atoms with Crippen molar-refractivity contribution in [1.29, 1.82) is 0 Å². The summed E-state index contributed by atoms with van der Waals surface area (Å²) in [5.74, 6) is 0.637. The third-order valence-electron chi connectivity index (χ3n) is 3.34. The van der Waals surface area contributed by atoms with Crippen LogP contribution in [0.3, 0.4) is 0 Å². The first-order chi connectivity index (χ1) is 8.84. The van der Waals surface area contributed by atoms with Gasteiger partial charge in [-0.15, -0.1) is 0 Å². The zero-order valence-corrected chi connectivity index (χ0v) is 10.1. The summed E-state index contributed by atoms with van der Waals surface area (Å²) in [5.41, 5.74) is 0.687. The zero-order chi connectivity index (χ0) is 12.4. The molecular formula is C15H15FO2. The van der Waals surface area contributed by atoms with Crippen molar-refractivity contribution < 1.29 is 13.5 Å². The lowest BCUT2D eigenvalue weighted by Gasteiger charge is -2.16. The van der Waals surface area contributed by atoms with Gasteiger partial charge in [-0.1, -0.05) is 6.07 Å². The maximum absolute atomic E-state index is 13.9. The van der Waals surface area contributed by atoms with Crippen molar-refractivity contribution in [3.63, 3.8) is 0 Å². The molecule has 0 radical (unpaired) electrons. The van der Waals surface area contributed by atoms with Crippen LogP contribution in [0.1, 0.15) is 25.7 Å². The van der Waals surface area contributed by atoms with E-state index in [1.165, 1.54) is 6.07 Å². The van der Waals surface area contributed by atoms with E-state index in [1.54, 1.807) is 18.4 Å². The first kappa shape index (κ1) is 11.3. The molecule has 1 aliphatic rings. The fourth-order valence-electron chi connectivity index (χ4n) is 2.43. The minimum absolute atomic E-state index is 0.135. The van der Waals surface area contributed by atoms with Crippen LogP contribution in [0.25, 0.3) is 11.3 Å². The Morgan fingerprint density at radius 2 is 1.94 bits per heavy atom. The summed E-state index contributed by atoms with van der Waals surface area (Å²) in [6, 6.07) is 8.54. The standard InChI is InChI=1S/C15H15FO2/c16-13-8-3-7-12(14-9-4-10-17-14)15(13)18-11-5-1-2-6-11/h3-4,7-11H,1-2,5-6H2. The first-order valence-electron chi connectivity index (χ1n) is 6.33. The fraction of sp³-hybridized carbons (Fsp3) is 0.333. The predicted molar refractivity (Wildman–Crippen MR) is 67.0 cm³/mol. The van der Waals surface area contributed by atoms with Crippen LogP contribution in [0.2, 0.25) is 0 Å². The van der Waals surface area contributed by atoms with Crippen LogP contribution < -0.4 is 4.74 Å². The summed E-state index contributed by atoms with van der Waals surface area (Å²) in [7, 11) is 0. The van der Waals surface area contributed by atoms with Gasteiger partial charge in [0.05, 0.1) is 17.9 Å². The lowest BCUT2D eigenvalue weighted by atomic mass is 10.1. The van der Waals surface area contributed by atoms with Crippen molar-refractivity contribution in [2.75, 3.05) is 0 Å². The molecule has 0 unspecified atom stereocenters. The van der Waals surface area contributed by atoms with Crippen molar-refractivity contribution in [2.45, 2.75) is 31.8 Å². The van der Waals surface area contributed by atoms with E-state index < -0.39 is 0 Å². The SMILES string of the molecule is Fc1cccc(-c2ccco2)c1OC1CCCC1. The number of rotatable bonds is 3. The Labute approximate surface area is 105 Å². The highest BCUT2D eigenvalue weighted by atomic mass is 19.1. The monoisotopic (exact) mass is 246 g/mol. The Hall–Kier alpha value is -1.77. The highest BCUT2D eigenvalue weighted by Crippen LogP contribution is 2.35. The molecule has 0 N–H and O–H groups in total. The molecule has 3 rings (SSSR count). The Kier molecular flexibility index (Phi) is 3.05. The summed E-state index contributed by atoms with van der Waals surface area (Å²) >= 11 is 0. The molecule has 2 nitrogen and oxygen atoms in total. The Balaban J connectivity index is 1.95. The summed E-state index contributed by atoms with van der Waals surface area (Å²) in [5, 5.41) is 0. The minimum atomic E-state index is -0.323. The third kappa shape index (κ3) is 2.13. The van der Waals surface area contributed by atoms with E-state index >= 15 is 0 Å². The van der Waals surface area contributed by atoms with Crippen molar-refractivity contribution in [3.8, 4) is 17.1 Å². The van der Waals surface area contributed by atoms with Gasteiger partial charge in [0.2, 0.25) is 0 Å². The average molecular weight is 246 g/mol. The number of hydrogen-bond donors (Lipinski definition) is 0. The molecule has 0 amide bonds. The highest BCUT2D eigenvalue weighted by molar-refractivity contribution is 5.66. The minimum Gasteiger partial charge on any atom is -0.487 e. The molecule has 1 saturated carbocycles. The quantitative estimate of drug-likeness (QED) is 0.800. The number of hydrogen-bond acceptors (Lipinski definition) is 2. The van der Waals surface area contributed by atoms with Crippen LogP contribution in [0.15, 0.2) is 41.0 Å². The number of benzene rings is 1. The van der Waals surface area contributed by atoms with Crippen LogP contribution in [-0.4, -0.2) is 6.10 Å². The molecular weight excluding hydrogens is 231 g/mol. The van der Waals surface area contributed by atoms with Crippen molar-refractivity contribution in [2.24, 2.45) is 0 Å². The predicted octanol–water partition coefficient (Wildman–Crippen LogP) is 4.41. The lowest BCUT2D eigenvalue weighted by molar-refractivity contribution is 0.201. The molecule has 0 saturated heterocycles. The van der Waals surface area contributed by atoms with Gasteiger partial charge in [0, 0.05) is 0 Å². The van der Waals surface area contributed by atoms with E-state index in [1.807, 2.05) is 12.1 Å². The smallest absolute Gasteiger partial charge is 0.166 e. The van der Waals surface area contributed by atoms with Crippen LogP contribution in [0, 0.1) is 5.82 Å². The van der Waals surface area contributed by atoms with Gasteiger partial charge in [0.1, 0.15) is 5.76 Å². The summed E-state index contributed by atoms with van der Waals surface area (Å²) < 4.78 is 25.1. The number of furan rings is 1. The molecule has 0 atom stereocenters. The van der Waals surface area contributed by atoms with Gasteiger partial charge in [-0.05, 0) is 49.9 Å². The van der Waals surface area contributed by atoms with E-state index in [9.17, 15) is 4.39 Å². The molecule has 1 aliphatic carbocycles. The van der Waals surface area contributed by atoms with Crippen LogP contribution >= 0.6 is 0 Å². The van der Waals surface area contributed by atoms with Gasteiger partial charge in [-0.25, -0.2) is 4.39 Å². The molecule has 1 aromatic carbocycles. The molecule has 0 spiro atoms. The van der Waals surface area contributed by atoms with Crippen LogP contribution in [0.4, 0.5) is 4.39 Å². The van der Waals surface area contributed by atoms with Gasteiger partial charge in [0.25, 0.3) is 0 Å². The molecule has 1 fully saturated rings. The molecule has 2 aromatic rings. The average Bonchev–Trinajstić information content (AvgIpc) is 3.04. The number of para-hydroxylation sites is 1. The van der Waals surface area contributed by atoms with Crippen LogP contribution in [-0.2, 0) is 0 Å². The second kappa shape index (κ2) is 4.84. The highest BCUT2D eigenvalue weighted by Gasteiger charge is 2.21. The van der Waals surface area contributed by atoms with Crippen LogP contribution in [0.5, 0.6) is 5.75 Å². The maximum Gasteiger partial charge on any atom is 0.166 e. The largest absolute Gasteiger partial charge is 0.487 e. The second-order valence-corrected chi connectivity index (χ2v) is 4.62. The number of halogens is 1. The molecule has 1 heterocycles. The van der Waals surface area contributed by atoms with Crippen molar-refractivity contribution in [1.82, 2.24) is 0 Å².